The van der Waals surface area contributed by atoms with E-state index in [0.29, 0.717) is 11.9 Å². The number of aromatic nitrogens is 1. The lowest BCUT2D eigenvalue weighted by atomic mass is 10.2. The topological polar surface area (TPSA) is 42.1 Å². The zero-order chi connectivity index (χ0) is 10.8. The Bertz CT molecular complexity index is 333. The van der Waals surface area contributed by atoms with Gasteiger partial charge >= 0.3 is 0 Å². The van der Waals surface area contributed by atoms with Crippen LogP contribution in [0, 0.1) is 5.92 Å². The summed E-state index contributed by atoms with van der Waals surface area (Å²) < 4.78 is 0. The quantitative estimate of drug-likeness (QED) is 0.816. The molecule has 0 radical (unpaired) electrons. The average Bonchev–Trinajstić information content (AvgIpc) is 2.99. The van der Waals surface area contributed by atoms with Gasteiger partial charge in [0.25, 0.3) is 0 Å². The molecular formula is C12H19N3. The van der Waals surface area contributed by atoms with Gasteiger partial charge in [-0.1, -0.05) is 6.07 Å². The normalized spacial score (nSPS) is 18.1. The number of anilines is 1. The van der Waals surface area contributed by atoms with Crippen molar-refractivity contribution in [2.24, 2.45) is 5.92 Å². The van der Waals surface area contributed by atoms with Gasteiger partial charge < -0.3 is 5.73 Å². The second-order valence-corrected chi connectivity index (χ2v) is 4.55. The molecule has 3 heteroatoms. The van der Waals surface area contributed by atoms with E-state index in [9.17, 15) is 0 Å². The highest BCUT2D eigenvalue weighted by atomic mass is 15.1. The fourth-order valence-electron chi connectivity index (χ4n) is 1.92. The Morgan fingerprint density at radius 3 is 2.87 bits per heavy atom. The smallest absolute Gasteiger partial charge is 0.123 e. The number of hydrogen-bond donors (Lipinski definition) is 1. The largest absolute Gasteiger partial charge is 0.384 e. The Morgan fingerprint density at radius 1 is 1.53 bits per heavy atom. The van der Waals surface area contributed by atoms with Gasteiger partial charge in [-0.15, -0.1) is 0 Å². The van der Waals surface area contributed by atoms with E-state index in [2.05, 4.69) is 23.9 Å². The third-order valence-electron chi connectivity index (χ3n) is 3.24. The molecule has 82 valence electrons. The van der Waals surface area contributed by atoms with Crippen LogP contribution >= 0.6 is 0 Å². The van der Waals surface area contributed by atoms with Crippen molar-refractivity contribution < 1.29 is 0 Å². The maximum atomic E-state index is 5.65. The molecule has 1 atom stereocenters. The van der Waals surface area contributed by atoms with Crippen molar-refractivity contribution in [3.63, 3.8) is 0 Å². The lowest BCUT2D eigenvalue weighted by molar-refractivity contribution is 0.224. The number of hydrogen-bond acceptors (Lipinski definition) is 3. The van der Waals surface area contributed by atoms with E-state index in [4.69, 9.17) is 5.73 Å². The molecule has 1 aromatic heterocycles. The van der Waals surface area contributed by atoms with Crippen molar-refractivity contribution in [2.45, 2.75) is 32.4 Å². The third kappa shape index (κ3) is 2.69. The fourth-order valence-corrected chi connectivity index (χ4v) is 1.92. The van der Waals surface area contributed by atoms with Crippen LogP contribution in [-0.2, 0) is 6.54 Å². The minimum Gasteiger partial charge on any atom is -0.384 e. The van der Waals surface area contributed by atoms with Gasteiger partial charge in [-0.3, -0.25) is 4.90 Å². The lowest BCUT2D eigenvalue weighted by Crippen LogP contribution is -2.30. The first-order valence-corrected chi connectivity index (χ1v) is 5.58. The zero-order valence-corrected chi connectivity index (χ0v) is 9.48. The average molecular weight is 205 g/mol. The summed E-state index contributed by atoms with van der Waals surface area (Å²) in [6.45, 7) is 3.19. The van der Waals surface area contributed by atoms with E-state index in [1.54, 1.807) is 0 Å². The Hall–Kier alpha value is -1.09. The monoisotopic (exact) mass is 205 g/mol. The van der Waals surface area contributed by atoms with E-state index in [-0.39, 0.29) is 0 Å². The summed E-state index contributed by atoms with van der Waals surface area (Å²) >= 11 is 0. The molecule has 0 bridgehead atoms. The van der Waals surface area contributed by atoms with Gasteiger partial charge in [0.05, 0.1) is 5.69 Å². The fraction of sp³-hybridized carbons (Fsp3) is 0.583. The minimum absolute atomic E-state index is 0.611. The first-order valence-electron chi connectivity index (χ1n) is 5.58. The minimum atomic E-state index is 0.611. The molecule has 1 aliphatic carbocycles. The molecule has 3 nitrogen and oxygen atoms in total. The highest BCUT2D eigenvalue weighted by Crippen LogP contribution is 2.34. The molecule has 15 heavy (non-hydrogen) atoms. The number of rotatable bonds is 4. The van der Waals surface area contributed by atoms with Crippen LogP contribution in [0.15, 0.2) is 18.2 Å². The van der Waals surface area contributed by atoms with Gasteiger partial charge in [-0.2, -0.15) is 0 Å². The van der Waals surface area contributed by atoms with E-state index in [0.717, 1.165) is 18.2 Å². The van der Waals surface area contributed by atoms with Gasteiger partial charge in [0, 0.05) is 12.6 Å². The van der Waals surface area contributed by atoms with Gasteiger partial charge in [-0.25, -0.2) is 4.98 Å². The van der Waals surface area contributed by atoms with E-state index < -0.39 is 0 Å². The van der Waals surface area contributed by atoms with Crippen LogP contribution in [0.3, 0.4) is 0 Å². The maximum absolute atomic E-state index is 5.65. The third-order valence-corrected chi connectivity index (χ3v) is 3.24. The van der Waals surface area contributed by atoms with Gasteiger partial charge in [0.1, 0.15) is 5.82 Å². The Labute approximate surface area is 91.3 Å². The molecule has 0 amide bonds. The Balaban J connectivity index is 1.95. The summed E-state index contributed by atoms with van der Waals surface area (Å²) in [5.74, 6) is 1.51. The van der Waals surface area contributed by atoms with Crippen molar-refractivity contribution in [3.05, 3.63) is 23.9 Å². The Morgan fingerprint density at radius 2 is 2.27 bits per heavy atom. The molecule has 1 heterocycles. The highest BCUT2D eigenvalue weighted by molar-refractivity contribution is 5.28. The summed E-state index contributed by atoms with van der Waals surface area (Å²) in [6.07, 6.45) is 2.77. The van der Waals surface area contributed by atoms with Crippen molar-refractivity contribution in [1.29, 1.82) is 0 Å². The lowest BCUT2D eigenvalue weighted by Gasteiger charge is -2.24. The molecule has 0 saturated heterocycles. The first-order chi connectivity index (χ1) is 7.16. The molecule has 2 N–H and O–H groups in total. The van der Waals surface area contributed by atoms with Crippen LogP contribution in [0.2, 0.25) is 0 Å². The zero-order valence-electron chi connectivity index (χ0n) is 9.48. The summed E-state index contributed by atoms with van der Waals surface area (Å²) in [5, 5.41) is 0. The summed E-state index contributed by atoms with van der Waals surface area (Å²) in [7, 11) is 2.16. The predicted octanol–water partition coefficient (Wildman–Crippen LogP) is 1.89. The number of nitrogen functional groups attached to an aromatic ring is 1. The highest BCUT2D eigenvalue weighted by Gasteiger charge is 2.30. The maximum Gasteiger partial charge on any atom is 0.123 e. The van der Waals surface area contributed by atoms with Crippen LogP contribution in [0.25, 0.3) is 0 Å². The van der Waals surface area contributed by atoms with Crippen molar-refractivity contribution >= 4 is 5.82 Å². The van der Waals surface area contributed by atoms with Gasteiger partial charge in [-0.05, 0) is 44.9 Å². The van der Waals surface area contributed by atoms with Crippen LogP contribution in [0.5, 0.6) is 0 Å². The summed E-state index contributed by atoms with van der Waals surface area (Å²) in [4.78, 5) is 6.67. The van der Waals surface area contributed by atoms with Gasteiger partial charge in [0.15, 0.2) is 0 Å². The second kappa shape index (κ2) is 4.19. The molecule has 1 fully saturated rings. The standard InChI is InChI=1S/C12H19N3/c1-9(10-6-7-10)15(2)8-11-4-3-5-12(13)14-11/h3-5,9-10H,6-8H2,1-2H3,(H2,13,14). The predicted molar refractivity (Wildman–Crippen MR) is 62.3 cm³/mol. The van der Waals surface area contributed by atoms with E-state index in [1.165, 1.54) is 12.8 Å². The number of pyridine rings is 1. The molecule has 1 saturated carbocycles. The first kappa shape index (κ1) is 10.4. The van der Waals surface area contributed by atoms with Crippen molar-refractivity contribution in [2.75, 3.05) is 12.8 Å². The molecule has 1 unspecified atom stereocenters. The van der Waals surface area contributed by atoms with Crippen molar-refractivity contribution in [3.8, 4) is 0 Å². The van der Waals surface area contributed by atoms with E-state index >= 15 is 0 Å². The molecule has 2 rings (SSSR count). The second-order valence-electron chi connectivity index (χ2n) is 4.55. The van der Waals surface area contributed by atoms with Crippen LogP contribution in [0.1, 0.15) is 25.5 Å². The Kier molecular flexibility index (Phi) is 2.91. The molecular weight excluding hydrogens is 186 g/mol. The SMILES string of the molecule is CC(C1CC1)N(C)Cc1cccc(N)n1. The molecule has 0 aromatic carbocycles. The molecule has 0 aliphatic heterocycles. The number of nitrogens with two attached hydrogens (primary N) is 1. The van der Waals surface area contributed by atoms with Crippen LogP contribution < -0.4 is 5.73 Å². The van der Waals surface area contributed by atoms with Crippen LogP contribution in [0.4, 0.5) is 5.82 Å². The van der Waals surface area contributed by atoms with E-state index in [1.807, 2.05) is 18.2 Å². The summed E-state index contributed by atoms with van der Waals surface area (Å²) in [6, 6.07) is 6.49. The van der Waals surface area contributed by atoms with Crippen molar-refractivity contribution in [1.82, 2.24) is 9.88 Å². The molecule has 0 spiro atoms. The van der Waals surface area contributed by atoms with Gasteiger partial charge in [0.2, 0.25) is 0 Å². The summed E-state index contributed by atoms with van der Waals surface area (Å²) in [5.41, 5.74) is 6.71. The molecule has 1 aromatic rings. The molecule has 1 aliphatic rings. The number of nitrogens with zero attached hydrogens (tertiary/aromatic N) is 2. The van der Waals surface area contributed by atoms with Crippen LogP contribution in [-0.4, -0.2) is 23.0 Å².